The topological polar surface area (TPSA) is 88.8 Å². The summed E-state index contributed by atoms with van der Waals surface area (Å²) >= 11 is 0. The molecule has 0 aliphatic carbocycles. The standard InChI is InChI=1S/C24H24N2O5/c1-30-19-7-4-5-16(13-19)15-26-12-11-18(9-10-22(26)27)25-23(28)20-14-17-6-2-3-8-21(17)31-24(20)29/h2-8,13-14,18H,9-12,15H2,1H3,(H,25,28). The van der Waals surface area contributed by atoms with E-state index in [-0.39, 0.29) is 17.5 Å². The smallest absolute Gasteiger partial charge is 0.349 e. The van der Waals surface area contributed by atoms with Gasteiger partial charge in [-0.3, -0.25) is 9.59 Å². The number of ether oxygens (including phenoxy) is 1. The van der Waals surface area contributed by atoms with E-state index in [2.05, 4.69) is 5.32 Å². The molecule has 1 aromatic heterocycles. The quantitative estimate of drug-likeness (QED) is 0.641. The number of fused-ring (bicyclic) bond motifs is 1. The number of nitrogens with one attached hydrogen (secondary N) is 1. The zero-order valence-electron chi connectivity index (χ0n) is 17.3. The number of para-hydroxylation sites is 1. The SMILES string of the molecule is COc1cccc(CN2CCC(NC(=O)c3cc4ccccc4oc3=O)CCC2=O)c1. The van der Waals surface area contributed by atoms with Gasteiger partial charge in [0.25, 0.3) is 5.91 Å². The summed E-state index contributed by atoms with van der Waals surface area (Å²) in [7, 11) is 1.61. The average molecular weight is 420 g/mol. The molecular weight excluding hydrogens is 396 g/mol. The number of amides is 2. The molecule has 1 aliphatic heterocycles. The molecule has 2 amide bonds. The second-order valence-corrected chi connectivity index (χ2v) is 7.65. The number of hydrogen-bond acceptors (Lipinski definition) is 5. The molecule has 0 radical (unpaired) electrons. The number of likely N-dealkylation sites (tertiary alicyclic amines) is 1. The van der Waals surface area contributed by atoms with Crippen molar-refractivity contribution in [3.63, 3.8) is 0 Å². The molecule has 1 saturated heterocycles. The first-order chi connectivity index (χ1) is 15.0. The first-order valence-electron chi connectivity index (χ1n) is 10.3. The van der Waals surface area contributed by atoms with Crippen LogP contribution < -0.4 is 15.7 Å². The number of carbonyl (C=O) groups excluding carboxylic acids is 2. The molecule has 7 nitrogen and oxygen atoms in total. The van der Waals surface area contributed by atoms with Gasteiger partial charge in [0, 0.05) is 30.9 Å². The Kier molecular flexibility index (Phi) is 6.02. The first kappa shape index (κ1) is 20.7. The lowest BCUT2D eigenvalue weighted by molar-refractivity contribution is -0.131. The van der Waals surface area contributed by atoms with Crippen LogP contribution in [0.25, 0.3) is 11.0 Å². The Labute approximate surface area is 179 Å². The van der Waals surface area contributed by atoms with Crippen LogP contribution in [0.2, 0.25) is 0 Å². The molecule has 3 aromatic rings. The summed E-state index contributed by atoms with van der Waals surface area (Å²) in [5, 5.41) is 3.59. The molecule has 160 valence electrons. The highest BCUT2D eigenvalue weighted by Gasteiger charge is 2.25. The zero-order chi connectivity index (χ0) is 21.8. The molecule has 0 spiro atoms. The zero-order valence-corrected chi connectivity index (χ0v) is 17.3. The van der Waals surface area contributed by atoms with Gasteiger partial charge in [-0.2, -0.15) is 0 Å². The largest absolute Gasteiger partial charge is 0.497 e. The van der Waals surface area contributed by atoms with E-state index in [4.69, 9.17) is 9.15 Å². The van der Waals surface area contributed by atoms with E-state index >= 15 is 0 Å². The molecule has 1 N–H and O–H groups in total. The first-order valence-corrected chi connectivity index (χ1v) is 10.3. The van der Waals surface area contributed by atoms with Crippen LogP contribution in [0.15, 0.2) is 63.8 Å². The fraction of sp³-hybridized carbons (Fsp3) is 0.292. The van der Waals surface area contributed by atoms with Gasteiger partial charge < -0.3 is 19.4 Å². The second-order valence-electron chi connectivity index (χ2n) is 7.65. The molecule has 2 aromatic carbocycles. The Bertz CT molecular complexity index is 1170. The molecule has 1 unspecified atom stereocenters. The van der Waals surface area contributed by atoms with Crippen molar-refractivity contribution in [3.05, 3.63) is 76.1 Å². The summed E-state index contributed by atoms with van der Waals surface area (Å²) in [5.41, 5.74) is 0.740. The molecule has 1 aliphatic rings. The molecule has 1 fully saturated rings. The van der Waals surface area contributed by atoms with Crippen LogP contribution in [0.3, 0.4) is 0 Å². The summed E-state index contributed by atoms with van der Waals surface area (Å²) in [6.07, 6.45) is 1.47. The average Bonchev–Trinajstić information content (AvgIpc) is 2.95. The number of nitrogens with zero attached hydrogens (tertiary/aromatic N) is 1. The van der Waals surface area contributed by atoms with E-state index in [1.165, 1.54) is 0 Å². The Morgan fingerprint density at radius 3 is 2.81 bits per heavy atom. The fourth-order valence-electron chi connectivity index (χ4n) is 3.82. The van der Waals surface area contributed by atoms with Crippen LogP contribution in [0, 0.1) is 0 Å². The van der Waals surface area contributed by atoms with E-state index < -0.39 is 11.5 Å². The molecule has 2 heterocycles. The maximum Gasteiger partial charge on any atom is 0.349 e. The van der Waals surface area contributed by atoms with Gasteiger partial charge in [0.1, 0.15) is 16.9 Å². The van der Waals surface area contributed by atoms with E-state index in [1.54, 1.807) is 36.3 Å². The number of hydrogen-bond donors (Lipinski definition) is 1. The van der Waals surface area contributed by atoms with Gasteiger partial charge in [-0.1, -0.05) is 30.3 Å². The Morgan fingerprint density at radius 2 is 1.97 bits per heavy atom. The van der Waals surface area contributed by atoms with E-state index in [0.717, 1.165) is 11.3 Å². The molecule has 4 rings (SSSR count). The Morgan fingerprint density at radius 1 is 1.13 bits per heavy atom. The molecule has 7 heteroatoms. The van der Waals surface area contributed by atoms with Crippen molar-refractivity contribution in [2.24, 2.45) is 0 Å². The van der Waals surface area contributed by atoms with Gasteiger partial charge in [0.05, 0.1) is 7.11 Å². The Hall–Kier alpha value is -3.61. The maximum absolute atomic E-state index is 12.7. The number of carbonyl (C=O) groups is 2. The normalized spacial score (nSPS) is 16.7. The van der Waals surface area contributed by atoms with Crippen molar-refractivity contribution in [1.29, 1.82) is 0 Å². The second kappa shape index (κ2) is 9.04. The molecular formula is C24H24N2O5. The van der Waals surface area contributed by atoms with Gasteiger partial charge >= 0.3 is 5.63 Å². The van der Waals surface area contributed by atoms with Crippen LogP contribution in [0.5, 0.6) is 5.75 Å². The summed E-state index contributed by atoms with van der Waals surface area (Å²) in [6, 6.07) is 16.0. The van der Waals surface area contributed by atoms with Gasteiger partial charge in [0.2, 0.25) is 5.91 Å². The molecule has 0 bridgehead atoms. The predicted molar refractivity (Wildman–Crippen MR) is 116 cm³/mol. The summed E-state index contributed by atoms with van der Waals surface area (Å²) in [5.74, 6) is 0.321. The number of methoxy groups -OCH3 is 1. The van der Waals surface area contributed by atoms with Crippen LogP contribution in [0.1, 0.15) is 35.2 Å². The fourth-order valence-corrected chi connectivity index (χ4v) is 3.82. The van der Waals surface area contributed by atoms with Crippen LogP contribution in [-0.4, -0.2) is 36.4 Å². The lowest BCUT2D eigenvalue weighted by atomic mass is 10.1. The number of benzene rings is 2. The maximum atomic E-state index is 12.7. The van der Waals surface area contributed by atoms with Crippen molar-refractivity contribution < 1.29 is 18.7 Å². The van der Waals surface area contributed by atoms with Crippen LogP contribution in [0.4, 0.5) is 0 Å². The predicted octanol–water partition coefficient (Wildman–Crippen LogP) is 3.11. The molecule has 31 heavy (non-hydrogen) atoms. The monoisotopic (exact) mass is 420 g/mol. The van der Waals surface area contributed by atoms with Crippen molar-refractivity contribution in [2.75, 3.05) is 13.7 Å². The third kappa shape index (κ3) is 4.77. The third-order valence-corrected chi connectivity index (χ3v) is 5.54. The highest BCUT2D eigenvalue weighted by atomic mass is 16.5. The minimum Gasteiger partial charge on any atom is -0.497 e. The highest BCUT2D eigenvalue weighted by molar-refractivity contribution is 5.96. The van der Waals surface area contributed by atoms with Crippen molar-refractivity contribution in [2.45, 2.75) is 31.8 Å². The van der Waals surface area contributed by atoms with E-state index in [1.807, 2.05) is 30.3 Å². The minimum absolute atomic E-state index is 0.0255. The third-order valence-electron chi connectivity index (χ3n) is 5.54. The van der Waals surface area contributed by atoms with E-state index in [9.17, 15) is 14.4 Å². The minimum atomic E-state index is -0.666. The van der Waals surface area contributed by atoms with Gasteiger partial charge in [-0.25, -0.2) is 4.79 Å². The number of rotatable bonds is 5. The van der Waals surface area contributed by atoms with Crippen molar-refractivity contribution in [3.8, 4) is 5.75 Å². The highest BCUT2D eigenvalue weighted by Crippen LogP contribution is 2.19. The van der Waals surface area contributed by atoms with Crippen LogP contribution in [-0.2, 0) is 11.3 Å². The summed E-state index contributed by atoms with van der Waals surface area (Å²) < 4.78 is 10.5. The van der Waals surface area contributed by atoms with Crippen LogP contribution >= 0.6 is 0 Å². The lowest BCUT2D eigenvalue weighted by Gasteiger charge is -2.21. The van der Waals surface area contributed by atoms with Gasteiger partial charge in [-0.05, 0) is 42.7 Å². The van der Waals surface area contributed by atoms with Crippen molar-refractivity contribution in [1.82, 2.24) is 10.2 Å². The van der Waals surface area contributed by atoms with E-state index in [0.29, 0.717) is 43.3 Å². The molecule has 0 saturated carbocycles. The van der Waals surface area contributed by atoms with Gasteiger partial charge in [0.15, 0.2) is 0 Å². The Balaban J connectivity index is 1.42. The summed E-state index contributed by atoms with van der Waals surface area (Å²) in [6.45, 7) is 1.01. The van der Waals surface area contributed by atoms with Crippen molar-refractivity contribution >= 4 is 22.8 Å². The van der Waals surface area contributed by atoms with Gasteiger partial charge in [-0.15, -0.1) is 0 Å². The summed E-state index contributed by atoms with van der Waals surface area (Å²) in [4.78, 5) is 39.4. The lowest BCUT2D eigenvalue weighted by Crippen LogP contribution is -2.37. The molecule has 1 atom stereocenters.